The normalized spacial score (nSPS) is 26.0. The molecular formula is C10H17NO2S. The number of carboxylic acids is 1. The van der Waals surface area contributed by atoms with Crippen molar-refractivity contribution < 1.29 is 9.90 Å². The van der Waals surface area contributed by atoms with Crippen LogP contribution in [0.25, 0.3) is 0 Å². The Morgan fingerprint density at radius 1 is 1.36 bits per heavy atom. The highest BCUT2D eigenvalue weighted by atomic mass is 32.2. The first-order valence-corrected chi connectivity index (χ1v) is 6.45. The molecule has 14 heavy (non-hydrogen) atoms. The molecule has 0 aromatic heterocycles. The van der Waals surface area contributed by atoms with E-state index in [1.807, 2.05) is 11.8 Å². The van der Waals surface area contributed by atoms with Crippen LogP contribution in [0.4, 0.5) is 0 Å². The number of piperidine rings is 1. The maximum atomic E-state index is 10.5. The Kier molecular flexibility index (Phi) is 3.34. The van der Waals surface area contributed by atoms with Gasteiger partial charge >= 0.3 is 5.97 Å². The van der Waals surface area contributed by atoms with Crippen molar-refractivity contribution in [2.75, 3.05) is 24.6 Å². The van der Waals surface area contributed by atoms with Crippen molar-refractivity contribution in [1.82, 2.24) is 4.90 Å². The average molecular weight is 215 g/mol. The summed E-state index contributed by atoms with van der Waals surface area (Å²) in [5.41, 5.74) is 0. The molecule has 2 heterocycles. The molecule has 2 aliphatic rings. The van der Waals surface area contributed by atoms with Crippen molar-refractivity contribution in [1.29, 1.82) is 0 Å². The van der Waals surface area contributed by atoms with Crippen molar-refractivity contribution >= 4 is 17.7 Å². The van der Waals surface area contributed by atoms with Crippen molar-refractivity contribution in [3.63, 3.8) is 0 Å². The van der Waals surface area contributed by atoms with Gasteiger partial charge in [-0.05, 0) is 31.8 Å². The molecule has 0 bridgehead atoms. The Balaban J connectivity index is 1.71. The van der Waals surface area contributed by atoms with Gasteiger partial charge in [0, 0.05) is 24.0 Å². The van der Waals surface area contributed by atoms with Crippen LogP contribution in [0.1, 0.15) is 19.3 Å². The minimum Gasteiger partial charge on any atom is -0.481 e. The van der Waals surface area contributed by atoms with Gasteiger partial charge in [0.15, 0.2) is 0 Å². The van der Waals surface area contributed by atoms with Crippen LogP contribution in [0.2, 0.25) is 0 Å². The number of aliphatic carboxylic acids is 1. The summed E-state index contributed by atoms with van der Waals surface area (Å²) in [6, 6.07) is 0.797. The third-order valence-electron chi connectivity index (χ3n) is 3.25. The van der Waals surface area contributed by atoms with E-state index in [0.717, 1.165) is 32.0 Å². The number of rotatable bonds is 3. The van der Waals surface area contributed by atoms with Gasteiger partial charge in [0.05, 0.1) is 0 Å². The van der Waals surface area contributed by atoms with E-state index in [1.54, 1.807) is 0 Å². The molecule has 0 aliphatic carbocycles. The molecule has 2 rings (SSSR count). The van der Waals surface area contributed by atoms with Gasteiger partial charge in [-0.15, -0.1) is 0 Å². The average Bonchev–Trinajstić information content (AvgIpc) is 2.04. The van der Waals surface area contributed by atoms with Crippen LogP contribution < -0.4 is 0 Å². The second kappa shape index (κ2) is 4.53. The molecule has 3 nitrogen and oxygen atoms in total. The number of hydrogen-bond acceptors (Lipinski definition) is 3. The fourth-order valence-electron chi connectivity index (χ4n) is 2.20. The predicted molar refractivity (Wildman–Crippen MR) is 57.7 cm³/mol. The molecule has 0 radical (unpaired) electrons. The summed E-state index contributed by atoms with van der Waals surface area (Å²) in [5, 5.41) is 8.68. The van der Waals surface area contributed by atoms with E-state index >= 15 is 0 Å². The van der Waals surface area contributed by atoms with E-state index < -0.39 is 5.97 Å². The van der Waals surface area contributed by atoms with Gasteiger partial charge in [0.25, 0.3) is 0 Å². The van der Waals surface area contributed by atoms with Gasteiger partial charge in [-0.3, -0.25) is 9.69 Å². The first-order chi connectivity index (χ1) is 6.75. The molecule has 0 spiro atoms. The van der Waals surface area contributed by atoms with Crippen LogP contribution >= 0.6 is 11.8 Å². The number of thioether (sulfide) groups is 1. The molecule has 1 N–H and O–H groups in total. The largest absolute Gasteiger partial charge is 0.481 e. The van der Waals surface area contributed by atoms with Crippen molar-refractivity contribution in [2.24, 2.45) is 5.92 Å². The van der Waals surface area contributed by atoms with Gasteiger partial charge in [0.2, 0.25) is 0 Å². The number of nitrogens with zero attached hydrogens (tertiary/aromatic N) is 1. The third kappa shape index (κ3) is 2.42. The summed E-state index contributed by atoms with van der Waals surface area (Å²) >= 11 is 2.01. The summed E-state index contributed by atoms with van der Waals surface area (Å²) in [6.45, 7) is 2.23. The van der Waals surface area contributed by atoms with Crippen LogP contribution in [0, 0.1) is 5.92 Å². The summed E-state index contributed by atoms with van der Waals surface area (Å²) in [7, 11) is 0. The zero-order chi connectivity index (χ0) is 9.97. The van der Waals surface area contributed by atoms with Gasteiger partial charge in [-0.1, -0.05) is 0 Å². The second-order valence-electron chi connectivity index (χ2n) is 4.27. The first kappa shape index (κ1) is 10.3. The standard InChI is InChI=1S/C10H17NO2S/c12-10(13)5-8-1-3-11(4-2-8)9-6-14-7-9/h8-9H,1-7H2,(H,12,13). The summed E-state index contributed by atoms with van der Waals surface area (Å²) in [5.74, 6) is 2.35. The van der Waals surface area contributed by atoms with Gasteiger partial charge in [-0.2, -0.15) is 11.8 Å². The first-order valence-electron chi connectivity index (χ1n) is 5.29. The molecule has 80 valence electrons. The molecule has 0 atom stereocenters. The van der Waals surface area contributed by atoms with Crippen LogP contribution in [-0.2, 0) is 4.79 Å². The third-order valence-corrected chi connectivity index (χ3v) is 4.49. The Morgan fingerprint density at radius 3 is 2.43 bits per heavy atom. The Labute approximate surface area is 88.9 Å². The summed E-state index contributed by atoms with van der Waals surface area (Å²) < 4.78 is 0. The van der Waals surface area contributed by atoms with Crippen molar-refractivity contribution in [3.8, 4) is 0 Å². The number of hydrogen-bond donors (Lipinski definition) is 1. The lowest BCUT2D eigenvalue weighted by molar-refractivity contribution is -0.138. The molecule has 2 aliphatic heterocycles. The molecule has 0 aromatic rings. The van der Waals surface area contributed by atoms with Gasteiger partial charge < -0.3 is 5.11 Å². The number of carboxylic acid groups (broad SMARTS) is 1. The van der Waals surface area contributed by atoms with E-state index in [2.05, 4.69) is 4.90 Å². The molecule has 2 saturated heterocycles. The van der Waals surface area contributed by atoms with E-state index in [1.165, 1.54) is 11.5 Å². The molecule has 4 heteroatoms. The molecule has 0 saturated carbocycles. The van der Waals surface area contributed by atoms with Crippen LogP contribution in [0.15, 0.2) is 0 Å². The Hall–Kier alpha value is -0.220. The van der Waals surface area contributed by atoms with E-state index in [9.17, 15) is 4.79 Å². The highest BCUT2D eigenvalue weighted by Crippen LogP contribution is 2.28. The predicted octanol–water partition coefficient (Wildman–Crippen LogP) is 1.29. The minimum atomic E-state index is -0.636. The van der Waals surface area contributed by atoms with Crippen LogP contribution in [0.3, 0.4) is 0 Å². The SMILES string of the molecule is O=C(O)CC1CCN(C2CSC2)CC1. The summed E-state index contributed by atoms with van der Waals surface area (Å²) in [4.78, 5) is 13.1. The molecule has 2 fully saturated rings. The molecular weight excluding hydrogens is 198 g/mol. The highest BCUT2D eigenvalue weighted by Gasteiger charge is 2.29. The van der Waals surface area contributed by atoms with Crippen LogP contribution in [-0.4, -0.2) is 46.6 Å². The lowest BCUT2D eigenvalue weighted by Gasteiger charge is -2.41. The summed E-state index contributed by atoms with van der Waals surface area (Å²) in [6.07, 6.45) is 2.52. The molecule has 0 unspecified atom stereocenters. The number of carbonyl (C=O) groups is 1. The highest BCUT2D eigenvalue weighted by molar-refractivity contribution is 8.00. The fourth-order valence-corrected chi connectivity index (χ4v) is 3.07. The van der Waals surface area contributed by atoms with E-state index in [0.29, 0.717) is 12.3 Å². The Morgan fingerprint density at radius 2 is 2.00 bits per heavy atom. The molecule has 0 amide bonds. The number of likely N-dealkylation sites (tertiary alicyclic amines) is 1. The second-order valence-corrected chi connectivity index (χ2v) is 5.34. The zero-order valence-electron chi connectivity index (χ0n) is 8.32. The van der Waals surface area contributed by atoms with Gasteiger partial charge in [-0.25, -0.2) is 0 Å². The quantitative estimate of drug-likeness (QED) is 0.770. The van der Waals surface area contributed by atoms with Crippen molar-refractivity contribution in [2.45, 2.75) is 25.3 Å². The lowest BCUT2D eigenvalue weighted by Crippen LogP contribution is -2.48. The van der Waals surface area contributed by atoms with Crippen LogP contribution in [0.5, 0.6) is 0 Å². The zero-order valence-corrected chi connectivity index (χ0v) is 9.13. The Bertz CT molecular complexity index is 210. The van der Waals surface area contributed by atoms with Crippen molar-refractivity contribution in [3.05, 3.63) is 0 Å². The molecule has 0 aromatic carbocycles. The minimum absolute atomic E-state index is 0.368. The monoisotopic (exact) mass is 215 g/mol. The lowest BCUT2D eigenvalue weighted by atomic mass is 9.93. The van der Waals surface area contributed by atoms with E-state index in [-0.39, 0.29) is 0 Å². The fraction of sp³-hybridized carbons (Fsp3) is 0.900. The maximum Gasteiger partial charge on any atom is 0.303 e. The van der Waals surface area contributed by atoms with E-state index in [4.69, 9.17) is 5.11 Å². The van der Waals surface area contributed by atoms with Gasteiger partial charge in [0.1, 0.15) is 0 Å². The smallest absolute Gasteiger partial charge is 0.303 e. The maximum absolute atomic E-state index is 10.5. The topological polar surface area (TPSA) is 40.5 Å².